The van der Waals surface area contributed by atoms with E-state index in [2.05, 4.69) is 10.6 Å². The highest BCUT2D eigenvalue weighted by molar-refractivity contribution is 6.31. The monoisotopic (exact) mass is 436 g/mol. The summed E-state index contributed by atoms with van der Waals surface area (Å²) in [6.45, 7) is 0.361. The fourth-order valence-corrected chi connectivity index (χ4v) is 3.01. The average molecular weight is 437 g/mol. The number of halogens is 1. The van der Waals surface area contributed by atoms with Crippen molar-refractivity contribution in [3.05, 3.63) is 47.0 Å². The molecule has 0 fully saturated rings. The number of carboxylic acids is 1. The van der Waals surface area contributed by atoms with Crippen LogP contribution in [0.1, 0.15) is 12.0 Å². The van der Waals surface area contributed by atoms with E-state index >= 15 is 0 Å². The molecule has 0 aromatic heterocycles. The van der Waals surface area contributed by atoms with Crippen LogP contribution >= 0.6 is 11.6 Å². The summed E-state index contributed by atoms with van der Waals surface area (Å²) in [5, 5.41) is 15.4. The van der Waals surface area contributed by atoms with Gasteiger partial charge in [-0.05, 0) is 48.9 Å². The molecule has 0 bridgehead atoms. The van der Waals surface area contributed by atoms with E-state index < -0.39 is 17.9 Å². The van der Waals surface area contributed by atoms with Gasteiger partial charge >= 0.3 is 5.97 Å². The van der Waals surface area contributed by atoms with E-state index in [4.69, 9.17) is 25.8 Å². The largest absolute Gasteiger partial charge is 0.495 e. The molecule has 0 saturated carbocycles. The molecule has 162 valence electrons. The summed E-state index contributed by atoms with van der Waals surface area (Å²) in [6, 6.07) is 9.23. The summed E-state index contributed by atoms with van der Waals surface area (Å²) in [5.41, 5.74) is 1.32. The van der Waals surface area contributed by atoms with Crippen molar-refractivity contribution in [3.63, 3.8) is 0 Å². The van der Waals surface area contributed by atoms with Gasteiger partial charge < -0.3 is 30.0 Å². The van der Waals surface area contributed by atoms with Crippen LogP contribution in [0.15, 0.2) is 36.4 Å². The van der Waals surface area contributed by atoms with Gasteiger partial charge in [0.1, 0.15) is 11.8 Å². The van der Waals surface area contributed by atoms with Crippen LogP contribution in [0, 0.1) is 0 Å². The van der Waals surface area contributed by atoms with Crippen molar-refractivity contribution in [2.45, 2.75) is 18.9 Å². The second-order valence-electron chi connectivity index (χ2n) is 6.38. The van der Waals surface area contributed by atoms with Crippen LogP contribution in [-0.4, -0.2) is 50.9 Å². The number of carboxylic acid groups (broad SMARTS) is 1. The topological polar surface area (TPSA) is 106 Å². The molecule has 0 saturated heterocycles. The molecule has 0 heterocycles. The Balaban J connectivity index is 1.94. The van der Waals surface area contributed by atoms with Crippen LogP contribution < -0.4 is 24.8 Å². The van der Waals surface area contributed by atoms with Crippen LogP contribution in [0.5, 0.6) is 17.2 Å². The first kappa shape index (κ1) is 23.3. The van der Waals surface area contributed by atoms with Gasteiger partial charge in [0.15, 0.2) is 11.5 Å². The number of hydrogen-bond acceptors (Lipinski definition) is 6. The molecule has 3 N–H and O–H groups in total. The zero-order valence-electron chi connectivity index (χ0n) is 17.0. The number of nitrogens with one attached hydrogen (secondary N) is 2. The van der Waals surface area contributed by atoms with Gasteiger partial charge in [-0.2, -0.15) is 0 Å². The van der Waals surface area contributed by atoms with E-state index in [9.17, 15) is 14.7 Å². The van der Waals surface area contributed by atoms with Crippen LogP contribution in [0.2, 0.25) is 5.02 Å². The first-order chi connectivity index (χ1) is 14.4. The van der Waals surface area contributed by atoms with Crippen molar-refractivity contribution in [1.29, 1.82) is 0 Å². The van der Waals surface area contributed by atoms with Crippen LogP contribution in [0.4, 0.5) is 5.69 Å². The van der Waals surface area contributed by atoms with E-state index in [0.29, 0.717) is 40.9 Å². The quantitative estimate of drug-likeness (QED) is 0.497. The zero-order chi connectivity index (χ0) is 22.1. The fourth-order valence-electron chi connectivity index (χ4n) is 2.84. The van der Waals surface area contributed by atoms with Gasteiger partial charge in [0, 0.05) is 5.02 Å². The minimum Gasteiger partial charge on any atom is -0.495 e. The lowest BCUT2D eigenvalue weighted by Gasteiger charge is -2.16. The number of aliphatic carboxylic acids is 1. The lowest BCUT2D eigenvalue weighted by atomic mass is 10.1. The predicted octanol–water partition coefficient (Wildman–Crippen LogP) is 2.98. The number of methoxy groups -OCH3 is 3. The SMILES string of the molecule is COc1ccc(Cl)cc1NC(=O)CC(NCCc1ccc(OC)c(OC)c1)C(=O)O. The Morgan fingerprint density at radius 2 is 1.67 bits per heavy atom. The molecule has 0 aliphatic rings. The molecule has 30 heavy (non-hydrogen) atoms. The maximum atomic E-state index is 12.4. The highest BCUT2D eigenvalue weighted by Crippen LogP contribution is 2.28. The van der Waals surface area contributed by atoms with E-state index in [1.165, 1.54) is 7.11 Å². The molecule has 8 nitrogen and oxygen atoms in total. The van der Waals surface area contributed by atoms with Crippen LogP contribution in [0.3, 0.4) is 0 Å². The van der Waals surface area contributed by atoms with Gasteiger partial charge in [0.05, 0.1) is 33.4 Å². The van der Waals surface area contributed by atoms with Gasteiger partial charge in [0.2, 0.25) is 5.91 Å². The van der Waals surface area contributed by atoms with E-state index in [1.807, 2.05) is 12.1 Å². The van der Waals surface area contributed by atoms with Crippen molar-refractivity contribution >= 4 is 29.2 Å². The second-order valence-corrected chi connectivity index (χ2v) is 6.82. The third-order valence-electron chi connectivity index (χ3n) is 4.38. The molecule has 1 amide bonds. The molecule has 9 heteroatoms. The summed E-state index contributed by atoms with van der Waals surface area (Å²) in [4.78, 5) is 23.9. The maximum Gasteiger partial charge on any atom is 0.321 e. The number of rotatable bonds is 11. The molecule has 2 rings (SSSR count). The Kier molecular flexibility index (Phi) is 8.76. The predicted molar refractivity (Wildman–Crippen MR) is 114 cm³/mol. The van der Waals surface area contributed by atoms with Crippen molar-refractivity contribution < 1.29 is 28.9 Å². The molecule has 2 aromatic carbocycles. The Bertz CT molecular complexity index is 890. The van der Waals surface area contributed by atoms with Gasteiger partial charge in [-0.3, -0.25) is 9.59 Å². The number of ether oxygens (including phenoxy) is 3. The molecule has 0 radical (unpaired) electrons. The Labute approximate surface area is 180 Å². The van der Waals surface area contributed by atoms with Gasteiger partial charge in [-0.1, -0.05) is 17.7 Å². The first-order valence-corrected chi connectivity index (χ1v) is 9.56. The zero-order valence-corrected chi connectivity index (χ0v) is 17.8. The van der Waals surface area contributed by atoms with Gasteiger partial charge in [-0.25, -0.2) is 0 Å². The summed E-state index contributed by atoms with van der Waals surface area (Å²) in [6.07, 6.45) is 0.296. The highest BCUT2D eigenvalue weighted by atomic mass is 35.5. The van der Waals surface area contributed by atoms with E-state index in [1.54, 1.807) is 38.5 Å². The van der Waals surface area contributed by atoms with Crippen molar-refractivity contribution in [2.75, 3.05) is 33.2 Å². The second kappa shape index (κ2) is 11.3. The third-order valence-corrected chi connectivity index (χ3v) is 4.61. The Hall–Kier alpha value is -2.97. The number of amides is 1. The average Bonchev–Trinajstić information content (AvgIpc) is 2.72. The summed E-state index contributed by atoms with van der Waals surface area (Å²) >= 11 is 5.95. The fraction of sp³-hybridized carbons (Fsp3) is 0.333. The summed E-state index contributed by atoms with van der Waals surface area (Å²) < 4.78 is 15.6. The highest BCUT2D eigenvalue weighted by Gasteiger charge is 2.21. The van der Waals surface area contributed by atoms with Gasteiger partial charge in [0.25, 0.3) is 0 Å². The molecule has 0 spiro atoms. The number of hydrogen-bond donors (Lipinski definition) is 3. The minimum atomic E-state index is -1.12. The normalized spacial score (nSPS) is 11.5. The summed E-state index contributed by atoms with van der Waals surface area (Å²) in [7, 11) is 4.57. The van der Waals surface area contributed by atoms with Gasteiger partial charge in [-0.15, -0.1) is 0 Å². The molecule has 0 aliphatic carbocycles. The van der Waals surface area contributed by atoms with Crippen molar-refractivity contribution in [3.8, 4) is 17.2 Å². The molecular formula is C21H25ClN2O6. The molecule has 0 aliphatic heterocycles. The number of anilines is 1. The van der Waals surface area contributed by atoms with Crippen LogP contribution in [-0.2, 0) is 16.0 Å². The standard InChI is InChI=1S/C21H25ClN2O6/c1-28-17-7-5-14(22)11-15(17)24-20(25)12-16(21(26)27)23-9-8-13-4-6-18(29-2)19(10-13)30-3/h4-7,10-11,16,23H,8-9,12H2,1-3H3,(H,24,25)(H,26,27). The lowest BCUT2D eigenvalue weighted by Crippen LogP contribution is -2.40. The van der Waals surface area contributed by atoms with Crippen molar-refractivity contribution in [1.82, 2.24) is 5.32 Å². The van der Waals surface area contributed by atoms with Crippen molar-refractivity contribution in [2.24, 2.45) is 0 Å². The smallest absolute Gasteiger partial charge is 0.321 e. The Morgan fingerprint density at radius 1 is 1.00 bits per heavy atom. The third kappa shape index (κ3) is 6.53. The molecule has 1 atom stereocenters. The minimum absolute atomic E-state index is 0.253. The number of carbonyl (C=O) groups is 2. The number of benzene rings is 2. The Morgan fingerprint density at radius 3 is 2.30 bits per heavy atom. The van der Waals surface area contributed by atoms with E-state index in [0.717, 1.165) is 5.56 Å². The summed E-state index contributed by atoms with van der Waals surface area (Å²) in [5.74, 6) is 0.0588. The van der Waals surface area contributed by atoms with E-state index in [-0.39, 0.29) is 6.42 Å². The molecule has 2 aromatic rings. The lowest BCUT2D eigenvalue weighted by molar-refractivity contribution is -0.141. The van der Waals surface area contributed by atoms with Crippen LogP contribution in [0.25, 0.3) is 0 Å². The molecular weight excluding hydrogens is 412 g/mol. The first-order valence-electron chi connectivity index (χ1n) is 9.18. The maximum absolute atomic E-state index is 12.4. The molecule has 1 unspecified atom stereocenters. The number of carbonyl (C=O) groups excluding carboxylic acids is 1.